The van der Waals surface area contributed by atoms with Gasteiger partial charge in [-0.2, -0.15) is 0 Å². The Morgan fingerprint density at radius 2 is 2.06 bits per heavy atom. The molecule has 0 aliphatic carbocycles. The van der Waals surface area contributed by atoms with E-state index in [9.17, 15) is 8.42 Å². The molecule has 94 valence electrons. The highest BCUT2D eigenvalue weighted by Gasteiger charge is 2.11. The molecule has 2 rings (SSSR count). The van der Waals surface area contributed by atoms with Crippen LogP contribution < -0.4 is 14.9 Å². The largest absolute Gasteiger partial charge is 0.354 e. The molecule has 0 aromatic carbocycles. The van der Waals surface area contributed by atoms with Crippen molar-refractivity contribution in [3.8, 4) is 0 Å². The SMILES string of the molecule is CS(=O)(=O)Nc1ccc(N2CCNCC2)nc1. The molecule has 1 saturated heterocycles. The second-order valence-electron chi connectivity index (χ2n) is 4.02. The number of nitrogens with one attached hydrogen (secondary N) is 2. The second-order valence-corrected chi connectivity index (χ2v) is 5.76. The standard InChI is InChI=1S/C10H16N4O2S/c1-17(15,16)13-9-2-3-10(12-8-9)14-6-4-11-5-7-14/h2-3,8,11,13H,4-7H2,1H3. The van der Waals surface area contributed by atoms with Gasteiger partial charge in [-0.05, 0) is 12.1 Å². The van der Waals surface area contributed by atoms with E-state index in [1.54, 1.807) is 12.3 Å². The van der Waals surface area contributed by atoms with Crippen LogP contribution in [-0.2, 0) is 10.0 Å². The van der Waals surface area contributed by atoms with Crippen LogP contribution in [0.25, 0.3) is 0 Å². The molecule has 1 aliphatic rings. The summed E-state index contributed by atoms with van der Waals surface area (Å²) < 4.78 is 24.4. The van der Waals surface area contributed by atoms with Gasteiger partial charge >= 0.3 is 0 Å². The van der Waals surface area contributed by atoms with Gasteiger partial charge in [0.1, 0.15) is 5.82 Å². The highest BCUT2D eigenvalue weighted by atomic mass is 32.2. The van der Waals surface area contributed by atoms with E-state index in [1.807, 2.05) is 6.07 Å². The van der Waals surface area contributed by atoms with E-state index in [0.717, 1.165) is 38.3 Å². The molecule has 0 atom stereocenters. The van der Waals surface area contributed by atoms with Crippen LogP contribution in [0.3, 0.4) is 0 Å². The van der Waals surface area contributed by atoms with Crippen LogP contribution in [-0.4, -0.2) is 45.8 Å². The molecule has 2 N–H and O–H groups in total. The summed E-state index contributed by atoms with van der Waals surface area (Å²) in [5.41, 5.74) is 0.492. The molecule has 2 heterocycles. The molecule has 0 radical (unpaired) electrons. The van der Waals surface area contributed by atoms with E-state index < -0.39 is 10.0 Å². The maximum Gasteiger partial charge on any atom is 0.229 e. The number of piperazine rings is 1. The third-order valence-electron chi connectivity index (χ3n) is 2.49. The van der Waals surface area contributed by atoms with E-state index in [-0.39, 0.29) is 0 Å². The van der Waals surface area contributed by atoms with Crippen LogP contribution in [0.5, 0.6) is 0 Å². The minimum absolute atomic E-state index is 0.492. The molecular formula is C10H16N4O2S. The number of sulfonamides is 1. The van der Waals surface area contributed by atoms with Gasteiger partial charge in [0.15, 0.2) is 0 Å². The fourth-order valence-corrected chi connectivity index (χ4v) is 2.29. The lowest BCUT2D eigenvalue weighted by molar-refractivity contribution is 0.585. The van der Waals surface area contributed by atoms with Gasteiger partial charge in [-0.3, -0.25) is 4.72 Å². The van der Waals surface area contributed by atoms with Gasteiger partial charge in [0, 0.05) is 26.2 Å². The van der Waals surface area contributed by atoms with Crippen LogP contribution in [0.15, 0.2) is 18.3 Å². The molecule has 1 fully saturated rings. The Balaban J connectivity index is 2.07. The summed E-state index contributed by atoms with van der Waals surface area (Å²) in [6.45, 7) is 3.74. The monoisotopic (exact) mass is 256 g/mol. The number of aromatic nitrogens is 1. The van der Waals surface area contributed by atoms with Crippen molar-refractivity contribution in [1.82, 2.24) is 10.3 Å². The first-order chi connectivity index (χ1) is 8.04. The average Bonchev–Trinajstić information content (AvgIpc) is 2.29. The maximum absolute atomic E-state index is 11.0. The van der Waals surface area contributed by atoms with E-state index >= 15 is 0 Å². The molecule has 0 spiro atoms. The Hall–Kier alpha value is -1.34. The molecule has 1 aromatic rings. The van der Waals surface area contributed by atoms with Crippen molar-refractivity contribution in [2.75, 3.05) is 42.1 Å². The first kappa shape index (κ1) is 12.1. The number of anilines is 2. The molecule has 1 aromatic heterocycles. The Bertz CT molecular complexity index is 466. The maximum atomic E-state index is 11.0. The lowest BCUT2D eigenvalue weighted by Gasteiger charge is -2.28. The van der Waals surface area contributed by atoms with Gasteiger partial charge in [0.2, 0.25) is 10.0 Å². The highest BCUT2D eigenvalue weighted by molar-refractivity contribution is 7.92. The van der Waals surface area contributed by atoms with Crippen molar-refractivity contribution < 1.29 is 8.42 Å². The zero-order chi connectivity index (χ0) is 12.3. The average molecular weight is 256 g/mol. The Labute approximate surface area is 101 Å². The quantitative estimate of drug-likeness (QED) is 0.787. The fraction of sp³-hybridized carbons (Fsp3) is 0.500. The number of pyridine rings is 1. The number of rotatable bonds is 3. The van der Waals surface area contributed by atoms with Gasteiger partial charge in [-0.25, -0.2) is 13.4 Å². The Kier molecular flexibility index (Phi) is 3.49. The third kappa shape index (κ3) is 3.57. The molecule has 0 unspecified atom stereocenters. The summed E-state index contributed by atoms with van der Waals surface area (Å²) in [6.07, 6.45) is 2.66. The summed E-state index contributed by atoms with van der Waals surface area (Å²) in [5.74, 6) is 0.880. The summed E-state index contributed by atoms with van der Waals surface area (Å²) in [4.78, 5) is 6.43. The van der Waals surface area contributed by atoms with E-state index in [2.05, 4.69) is 19.9 Å². The molecule has 6 nitrogen and oxygen atoms in total. The topological polar surface area (TPSA) is 74.3 Å². The Morgan fingerprint density at radius 1 is 1.35 bits per heavy atom. The third-order valence-corrected chi connectivity index (χ3v) is 3.10. The normalized spacial score (nSPS) is 16.9. The minimum Gasteiger partial charge on any atom is -0.354 e. The van der Waals surface area contributed by atoms with Crippen molar-refractivity contribution in [2.45, 2.75) is 0 Å². The van der Waals surface area contributed by atoms with Crippen LogP contribution in [0.4, 0.5) is 11.5 Å². The molecule has 0 bridgehead atoms. The van der Waals surface area contributed by atoms with E-state index in [4.69, 9.17) is 0 Å². The van der Waals surface area contributed by atoms with Crippen molar-refractivity contribution in [2.24, 2.45) is 0 Å². The first-order valence-corrected chi connectivity index (χ1v) is 7.33. The van der Waals surface area contributed by atoms with Gasteiger partial charge in [0.05, 0.1) is 18.1 Å². The summed E-state index contributed by atoms with van der Waals surface area (Å²) >= 11 is 0. The second kappa shape index (κ2) is 4.89. The molecule has 0 saturated carbocycles. The van der Waals surface area contributed by atoms with Crippen molar-refractivity contribution >= 4 is 21.5 Å². The van der Waals surface area contributed by atoms with Crippen molar-refractivity contribution in [3.63, 3.8) is 0 Å². The fourth-order valence-electron chi connectivity index (χ4n) is 1.74. The van der Waals surface area contributed by atoms with Crippen molar-refractivity contribution in [3.05, 3.63) is 18.3 Å². The minimum atomic E-state index is -3.23. The van der Waals surface area contributed by atoms with Crippen LogP contribution in [0.2, 0.25) is 0 Å². The first-order valence-electron chi connectivity index (χ1n) is 5.44. The zero-order valence-electron chi connectivity index (χ0n) is 9.68. The molecular weight excluding hydrogens is 240 g/mol. The van der Waals surface area contributed by atoms with Crippen LogP contribution >= 0.6 is 0 Å². The predicted octanol–water partition coefficient (Wildman–Crippen LogP) is -0.137. The van der Waals surface area contributed by atoms with Crippen LogP contribution in [0.1, 0.15) is 0 Å². The molecule has 1 aliphatic heterocycles. The van der Waals surface area contributed by atoms with E-state index in [0.29, 0.717) is 5.69 Å². The number of nitrogens with zero attached hydrogens (tertiary/aromatic N) is 2. The summed E-state index contributed by atoms with van der Waals surface area (Å²) in [5, 5.41) is 3.27. The lowest BCUT2D eigenvalue weighted by atomic mass is 10.3. The van der Waals surface area contributed by atoms with Crippen LogP contribution in [0, 0.1) is 0 Å². The molecule has 7 heteroatoms. The number of hydrogen-bond donors (Lipinski definition) is 2. The van der Waals surface area contributed by atoms with Gasteiger partial charge in [0.25, 0.3) is 0 Å². The smallest absolute Gasteiger partial charge is 0.229 e. The van der Waals surface area contributed by atoms with Gasteiger partial charge in [-0.15, -0.1) is 0 Å². The zero-order valence-corrected chi connectivity index (χ0v) is 10.5. The Morgan fingerprint density at radius 3 is 2.59 bits per heavy atom. The predicted molar refractivity (Wildman–Crippen MR) is 67.8 cm³/mol. The van der Waals surface area contributed by atoms with Gasteiger partial charge < -0.3 is 10.2 Å². The lowest BCUT2D eigenvalue weighted by Crippen LogP contribution is -2.43. The molecule has 17 heavy (non-hydrogen) atoms. The summed E-state index contributed by atoms with van der Waals surface area (Å²) in [6, 6.07) is 3.56. The summed E-state index contributed by atoms with van der Waals surface area (Å²) in [7, 11) is -3.23. The highest BCUT2D eigenvalue weighted by Crippen LogP contribution is 2.15. The van der Waals surface area contributed by atoms with Gasteiger partial charge in [-0.1, -0.05) is 0 Å². The van der Waals surface area contributed by atoms with E-state index in [1.165, 1.54) is 0 Å². The molecule has 0 amide bonds. The van der Waals surface area contributed by atoms with Crippen molar-refractivity contribution in [1.29, 1.82) is 0 Å². The number of hydrogen-bond acceptors (Lipinski definition) is 5.